The summed E-state index contributed by atoms with van der Waals surface area (Å²) in [6, 6.07) is 2.54. The molecular formula is C11H13F2N3. The number of halogens is 2. The van der Waals surface area contributed by atoms with Gasteiger partial charge in [0.2, 0.25) is 0 Å². The largest absolute Gasteiger partial charge is 0.342 e. The molecule has 3 N–H and O–H groups in total. The number of nitrogens with two attached hydrogens (primary N) is 1. The van der Waals surface area contributed by atoms with Crippen molar-refractivity contribution >= 4 is 11.0 Å². The Bertz CT molecular complexity index is 507. The molecule has 1 unspecified atom stereocenters. The van der Waals surface area contributed by atoms with Crippen LogP contribution < -0.4 is 5.73 Å². The summed E-state index contributed by atoms with van der Waals surface area (Å²) in [6.07, 6.45) is 1.35. The van der Waals surface area contributed by atoms with Crippen LogP contribution in [0.25, 0.3) is 11.0 Å². The first kappa shape index (κ1) is 11.0. The predicted molar refractivity (Wildman–Crippen MR) is 58.0 cm³/mol. The highest BCUT2D eigenvalue weighted by atomic mass is 19.2. The lowest BCUT2D eigenvalue weighted by Crippen LogP contribution is -2.21. The van der Waals surface area contributed by atoms with E-state index in [-0.39, 0.29) is 11.6 Å². The smallest absolute Gasteiger partial charge is 0.186 e. The summed E-state index contributed by atoms with van der Waals surface area (Å²) in [5.74, 6) is -1.20. The second kappa shape index (κ2) is 4.17. The van der Waals surface area contributed by atoms with Crippen LogP contribution in [0, 0.1) is 11.6 Å². The number of H-pyrrole nitrogens is 1. The molecule has 0 aliphatic rings. The van der Waals surface area contributed by atoms with Crippen molar-refractivity contribution in [2.45, 2.75) is 25.8 Å². The number of benzene rings is 1. The fraction of sp³-hybridized carbons (Fsp3) is 0.364. The summed E-state index contributed by atoms with van der Waals surface area (Å²) in [7, 11) is 0. The highest BCUT2D eigenvalue weighted by molar-refractivity contribution is 5.75. The molecule has 0 saturated carbocycles. The van der Waals surface area contributed by atoms with Crippen LogP contribution in [-0.2, 0) is 6.42 Å². The third kappa shape index (κ3) is 1.90. The van der Waals surface area contributed by atoms with E-state index in [0.717, 1.165) is 12.5 Å². The summed E-state index contributed by atoms with van der Waals surface area (Å²) in [6.45, 7) is 1.97. The molecule has 2 rings (SSSR count). The van der Waals surface area contributed by atoms with Crippen molar-refractivity contribution in [3.05, 3.63) is 29.6 Å². The van der Waals surface area contributed by atoms with Crippen molar-refractivity contribution in [3.8, 4) is 0 Å². The Morgan fingerprint density at radius 3 is 2.88 bits per heavy atom. The van der Waals surface area contributed by atoms with E-state index < -0.39 is 11.6 Å². The van der Waals surface area contributed by atoms with E-state index >= 15 is 0 Å². The second-order valence-corrected chi connectivity index (χ2v) is 3.81. The molecule has 86 valence electrons. The van der Waals surface area contributed by atoms with Crippen molar-refractivity contribution in [1.29, 1.82) is 0 Å². The monoisotopic (exact) mass is 225 g/mol. The van der Waals surface area contributed by atoms with Crippen LogP contribution in [-0.4, -0.2) is 16.0 Å². The molecule has 3 nitrogen and oxygen atoms in total. The fourth-order valence-corrected chi connectivity index (χ4v) is 1.56. The molecule has 0 radical (unpaired) electrons. The van der Waals surface area contributed by atoms with Crippen molar-refractivity contribution in [1.82, 2.24) is 9.97 Å². The number of hydrogen-bond acceptors (Lipinski definition) is 2. The van der Waals surface area contributed by atoms with Gasteiger partial charge in [-0.25, -0.2) is 13.8 Å². The maximum atomic E-state index is 13.3. The molecule has 1 aromatic carbocycles. The molecule has 0 spiro atoms. The number of nitrogens with one attached hydrogen (secondary N) is 1. The summed E-state index contributed by atoms with van der Waals surface area (Å²) < 4.78 is 26.3. The average Bonchev–Trinajstić information content (AvgIpc) is 2.67. The lowest BCUT2D eigenvalue weighted by atomic mass is 10.2. The molecule has 0 saturated heterocycles. The Hall–Kier alpha value is -1.49. The van der Waals surface area contributed by atoms with Crippen molar-refractivity contribution in [3.63, 3.8) is 0 Å². The van der Waals surface area contributed by atoms with Gasteiger partial charge in [0.15, 0.2) is 11.6 Å². The van der Waals surface area contributed by atoms with Crippen LogP contribution in [0.3, 0.4) is 0 Å². The van der Waals surface area contributed by atoms with Crippen LogP contribution in [0.15, 0.2) is 12.1 Å². The van der Waals surface area contributed by atoms with Gasteiger partial charge in [-0.2, -0.15) is 0 Å². The van der Waals surface area contributed by atoms with Crippen molar-refractivity contribution in [2.75, 3.05) is 0 Å². The highest BCUT2D eigenvalue weighted by Gasteiger charge is 2.12. The average molecular weight is 225 g/mol. The molecule has 1 atom stereocenters. The Labute approximate surface area is 91.7 Å². The standard InChI is InChI=1S/C11H13F2N3/c1-2-6(14)5-9-15-8-4-3-7(12)10(13)11(8)16-9/h3-4,6H,2,5,14H2,1H3,(H,15,16). The second-order valence-electron chi connectivity index (χ2n) is 3.81. The van der Waals surface area contributed by atoms with Gasteiger partial charge in [0, 0.05) is 12.5 Å². The molecule has 0 aliphatic heterocycles. The molecule has 0 bridgehead atoms. The van der Waals surface area contributed by atoms with E-state index in [1.165, 1.54) is 6.07 Å². The first-order valence-electron chi connectivity index (χ1n) is 5.20. The van der Waals surface area contributed by atoms with Gasteiger partial charge in [-0.05, 0) is 18.6 Å². The lowest BCUT2D eigenvalue weighted by molar-refractivity contribution is 0.515. The summed E-state index contributed by atoms with van der Waals surface area (Å²) in [5.41, 5.74) is 6.30. The molecule has 5 heteroatoms. The maximum absolute atomic E-state index is 13.3. The number of nitrogens with zero attached hydrogens (tertiary/aromatic N) is 1. The predicted octanol–water partition coefficient (Wildman–Crippen LogP) is 2.12. The van der Waals surface area contributed by atoms with Gasteiger partial charge in [0.1, 0.15) is 11.3 Å². The minimum atomic E-state index is -0.912. The van der Waals surface area contributed by atoms with Gasteiger partial charge in [0.25, 0.3) is 0 Å². The minimum absolute atomic E-state index is 0.0199. The van der Waals surface area contributed by atoms with Crippen LogP contribution >= 0.6 is 0 Å². The summed E-state index contributed by atoms with van der Waals surface area (Å²) >= 11 is 0. The maximum Gasteiger partial charge on any atom is 0.186 e. The Morgan fingerprint density at radius 2 is 2.19 bits per heavy atom. The van der Waals surface area contributed by atoms with Gasteiger partial charge < -0.3 is 10.7 Å². The quantitative estimate of drug-likeness (QED) is 0.840. The number of imidazole rings is 1. The SMILES string of the molecule is CCC(N)Cc1nc2c(F)c(F)ccc2[nH]1. The Kier molecular flexibility index (Phi) is 2.87. The highest BCUT2D eigenvalue weighted by Crippen LogP contribution is 2.18. The molecular weight excluding hydrogens is 212 g/mol. The van der Waals surface area contributed by atoms with E-state index in [2.05, 4.69) is 9.97 Å². The molecule has 1 aromatic heterocycles. The van der Waals surface area contributed by atoms with Gasteiger partial charge in [0.05, 0.1) is 5.52 Å². The summed E-state index contributed by atoms with van der Waals surface area (Å²) in [4.78, 5) is 6.94. The zero-order valence-corrected chi connectivity index (χ0v) is 8.93. The number of hydrogen-bond donors (Lipinski definition) is 2. The normalized spacial score (nSPS) is 13.2. The van der Waals surface area contributed by atoms with Gasteiger partial charge in [-0.1, -0.05) is 6.92 Å². The summed E-state index contributed by atoms with van der Waals surface area (Å²) in [5, 5.41) is 0. The van der Waals surface area contributed by atoms with Crippen LogP contribution in [0.5, 0.6) is 0 Å². The van der Waals surface area contributed by atoms with E-state index in [4.69, 9.17) is 5.73 Å². The third-order valence-corrected chi connectivity index (χ3v) is 2.57. The minimum Gasteiger partial charge on any atom is -0.342 e. The zero-order chi connectivity index (χ0) is 11.7. The number of fused-ring (bicyclic) bond motifs is 1. The molecule has 0 aliphatic carbocycles. The van der Waals surface area contributed by atoms with E-state index in [1.807, 2.05) is 6.92 Å². The zero-order valence-electron chi connectivity index (χ0n) is 8.93. The Balaban J connectivity index is 2.40. The van der Waals surface area contributed by atoms with Gasteiger partial charge in [-0.15, -0.1) is 0 Å². The molecule has 0 fully saturated rings. The van der Waals surface area contributed by atoms with Gasteiger partial charge in [-0.3, -0.25) is 0 Å². The van der Waals surface area contributed by atoms with Crippen molar-refractivity contribution < 1.29 is 8.78 Å². The van der Waals surface area contributed by atoms with E-state index in [1.54, 1.807) is 0 Å². The van der Waals surface area contributed by atoms with E-state index in [0.29, 0.717) is 17.8 Å². The first-order chi connectivity index (χ1) is 7.61. The van der Waals surface area contributed by atoms with Crippen LogP contribution in [0.1, 0.15) is 19.2 Å². The molecule has 16 heavy (non-hydrogen) atoms. The van der Waals surface area contributed by atoms with Crippen molar-refractivity contribution in [2.24, 2.45) is 5.73 Å². The molecule has 2 aromatic rings. The van der Waals surface area contributed by atoms with Crippen LogP contribution in [0.4, 0.5) is 8.78 Å². The Morgan fingerprint density at radius 1 is 1.44 bits per heavy atom. The fourth-order valence-electron chi connectivity index (χ4n) is 1.56. The molecule has 1 heterocycles. The number of aromatic amines is 1. The first-order valence-corrected chi connectivity index (χ1v) is 5.20. The molecule has 0 amide bonds. The van der Waals surface area contributed by atoms with E-state index in [9.17, 15) is 8.78 Å². The number of rotatable bonds is 3. The van der Waals surface area contributed by atoms with Crippen LogP contribution in [0.2, 0.25) is 0 Å². The third-order valence-electron chi connectivity index (χ3n) is 2.57. The lowest BCUT2D eigenvalue weighted by Gasteiger charge is -2.04. The topological polar surface area (TPSA) is 54.7 Å². The van der Waals surface area contributed by atoms with Gasteiger partial charge >= 0.3 is 0 Å². The number of aromatic nitrogens is 2.